The summed E-state index contributed by atoms with van der Waals surface area (Å²) in [5.74, 6) is 2.43. The molecule has 140 valence electrons. The summed E-state index contributed by atoms with van der Waals surface area (Å²) in [7, 11) is 4.05. The van der Waals surface area contributed by atoms with Crippen molar-refractivity contribution in [3.8, 4) is 0 Å². The monoisotopic (exact) mass is 380 g/mol. The second kappa shape index (κ2) is 5.31. The van der Waals surface area contributed by atoms with Gasteiger partial charge in [-0.1, -0.05) is 0 Å². The average Bonchev–Trinajstić information content (AvgIpc) is 3.00. The molecule has 4 fully saturated rings. The number of fused-ring (bicyclic) bond motifs is 3. The quantitative estimate of drug-likeness (QED) is 0.674. The molecule has 5 nitrogen and oxygen atoms in total. The lowest BCUT2D eigenvalue weighted by Crippen LogP contribution is -2.54. The number of aromatic nitrogens is 3. The molecule has 0 aliphatic heterocycles. The molecule has 3 heterocycles. The number of anilines is 1. The van der Waals surface area contributed by atoms with Crippen LogP contribution in [0, 0.1) is 17.8 Å². The summed E-state index contributed by atoms with van der Waals surface area (Å²) in [6.45, 7) is 0. The first-order valence-electron chi connectivity index (χ1n) is 10.0. The molecule has 4 aliphatic carbocycles. The van der Waals surface area contributed by atoms with E-state index >= 15 is 0 Å². The summed E-state index contributed by atoms with van der Waals surface area (Å²) in [6.07, 6.45) is 11.3. The maximum absolute atomic E-state index is 13.6. The summed E-state index contributed by atoms with van der Waals surface area (Å²) in [5.41, 5.74) is 2.05. The lowest BCUT2D eigenvalue weighted by molar-refractivity contribution is -0.0450. The zero-order valence-electron chi connectivity index (χ0n) is 15.8. The van der Waals surface area contributed by atoms with E-state index in [2.05, 4.69) is 9.88 Å². The van der Waals surface area contributed by atoms with Crippen LogP contribution in [-0.2, 0) is 5.54 Å². The highest BCUT2D eigenvalue weighted by atomic mass is 32.1. The highest BCUT2D eigenvalue weighted by molar-refractivity contribution is 7.25. The number of rotatable bonds is 2. The van der Waals surface area contributed by atoms with Crippen molar-refractivity contribution in [3.05, 3.63) is 28.9 Å². The van der Waals surface area contributed by atoms with Crippen molar-refractivity contribution < 1.29 is 0 Å². The Bertz CT molecular complexity index is 1090. The van der Waals surface area contributed by atoms with Crippen molar-refractivity contribution in [3.63, 3.8) is 0 Å². The number of pyridine rings is 1. The molecular weight excluding hydrogens is 356 g/mol. The zero-order chi connectivity index (χ0) is 18.3. The lowest BCUT2D eigenvalue weighted by atomic mass is 9.53. The molecule has 3 aromatic rings. The molecule has 4 bridgehead atoms. The van der Waals surface area contributed by atoms with E-state index in [9.17, 15) is 4.79 Å². The predicted octanol–water partition coefficient (Wildman–Crippen LogP) is 4.00. The third-order valence-electron chi connectivity index (χ3n) is 7.26. The Morgan fingerprint density at radius 3 is 2.41 bits per heavy atom. The number of hydrogen-bond donors (Lipinski definition) is 0. The molecule has 0 atom stereocenters. The van der Waals surface area contributed by atoms with E-state index in [4.69, 9.17) is 4.98 Å². The Labute approximate surface area is 162 Å². The topological polar surface area (TPSA) is 51.0 Å². The van der Waals surface area contributed by atoms with Crippen LogP contribution in [0.1, 0.15) is 38.5 Å². The summed E-state index contributed by atoms with van der Waals surface area (Å²) in [6, 6.07) is 2.00. The normalized spacial score (nSPS) is 31.9. The first-order valence-corrected chi connectivity index (χ1v) is 10.8. The van der Waals surface area contributed by atoms with Gasteiger partial charge in [-0.05, 0) is 62.3 Å². The van der Waals surface area contributed by atoms with Gasteiger partial charge in [0.2, 0.25) is 0 Å². The average molecular weight is 381 g/mol. The Balaban J connectivity index is 1.58. The second-order valence-corrected chi connectivity index (χ2v) is 10.2. The molecule has 0 spiro atoms. The largest absolute Gasteiger partial charge is 0.377 e. The molecular formula is C21H24N4OS. The fourth-order valence-corrected chi connectivity index (χ4v) is 7.65. The first-order chi connectivity index (χ1) is 13.0. The maximum atomic E-state index is 13.6. The van der Waals surface area contributed by atoms with Crippen molar-refractivity contribution in [2.24, 2.45) is 17.8 Å². The molecule has 4 saturated carbocycles. The lowest BCUT2D eigenvalue weighted by Gasteiger charge is -2.57. The van der Waals surface area contributed by atoms with E-state index in [1.807, 2.05) is 37.3 Å². The van der Waals surface area contributed by atoms with Gasteiger partial charge in [-0.3, -0.25) is 9.36 Å². The van der Waals surface area contributed by atoms with Gasteiger partial charge in [0.1, 0.15) is 9.53 Å². The fraction of sp³-hybridized carbons (Fsp3) is 0.571. The molecule has 0 amide bonds. The van der Waals surface area contributed by atoms with E-state index < -0.39 is 0 Å². The van der Waals surface area contributed by atoms with Crippen molar-refractivity contribution >= 4 is 37.5 Å². The van der Waals surface area contributed by atoms with Gasteiger partial charge in [0, 0.05) is 25.8 Å². The molecule has 6 heteroatoms. The molecule has 27 heavy (non-hydrogen) atoms. The van der Waals surface area contributed by atoms with E-state index in [0.29, 0.717) is 0 Å². The minimum absolute atomic E-state index is 0.0149. The minimum atomic E-state index is 0.0149. The van der Waals surface area contributed by atoms with Crippen LogP contribution in [0.3, 0.4) is 0 Å². The Hall–Kier alpha value is -1.95. The maximum Gasteiger partial charge on any atom is 0.271 e. The van der Waals surface area contributed by atoms with Gasteiger partial charge in [-0.2, -0.15) is 0 Å². The van der Waals surface area contributed by atoms with Gasteiger partial charge in [-0.25, -0.2) is 9.97 Å². The number of thiophene rings is 1. The highest BCUT2D eigenvalue weighted by Crippen LogP contribution is 2.58. The third kappa shape index (κ3) is 2.13. The minimum Gasteiger partial charge on any atom is -0.377 e. The number of nitrogens with zero attached hydrogens (tertiary/aromatic N) is 4. The zero-order valence-corrected chi connectivity index (χ0v) is 16.6. The molecule has 0 saturated heterocycles. The molecule has 3 aromatic heterocycles. The van der Waals surface area contributed by atoms with E-state index in [1.54, 1.807) is 0 Å². The fourth-order valence-electron chi connectivity index (χ4n) is 6.61. The van der Waals surface area contributed by atoms with Gasteiger partial charge >= 0.3 is 0 Å². The molecule has 0 N–H and O–H groups in total. The molecule has 0 unspecified atom stereocenters. The van der Waals surface area contributed by atoms with Crippen LogP contribution in [0.25, 0.3) is 20.4 Å². The van der Waals surface area contributed by atoms with Gasteiger partial charge < -0.3 is 4.90 Å². The standard InChI is InChI=1S/C21H24N4OS/c1-24(2)15-3-4-22-19-16(15)17-18(27-19)20(26)25(11-23-17)21-8-12-5-13(9-21)7-14(6-12)10-21/h3-4,11-14H,5-10H2,1-2H3. The third-order valence-corrected chi connectivity index (χ3v) is 8.33. The molecule has 0 aromatic carbocycles. The van der Waals surface area contributed by atoms with Crippen LogP contribution in [0.2, 0.25) is 0 Å². The predicted molar refractivity (Wildman–Crippen MR) is 110 cm³/mol. The first kappa shape index (κ1) is 16.0. The Kier molecular flexibility index (Phi) is 3.16. The van der Waals surface area contributed by atoms with Crippen LogP contribution >= 0.6 is 11.3 Å². The van der Waals surface area contributed by atoms with Crippen molar-refractivity contribution in [1.82, 2.24) is 14.5 Å². The summed E-state index contributed by atoms with van der Waals surface area (Å²) in [5, 5.41) is 1.01. The van der Waals surface area contributed by atoms with Crippen LogP contribution in [0.4, 0.5) is 5.69 Å². The highest BCUT2D eigenvalue weighted by Gasteiger charge is 2.52. The van der Waals surface area contributed by atoms with Crippen molar-refractivity contribution in [2.75, 3.05) is 19.0 Å². The van der Waals surface area contributed by atoms with Crippen molar-refractivity contribution in [1.29, 1.82) is 0 Å². The SMILES string of the molecule is CN(C)c1ccnc2sc3c(=O)n(C45CC6CC(CC(C6)C4)C5)cnc3c12. The van der Waals surface area contributed by atoms with E-state index in [0.717, 1.165) is 43.9 Å². The van der Waals surface area contributed by atoms with Crippen LogP contribution in [0.15, 0.2) is 23.4 Å². The van der Waals surface area contributed by atoms with Crippen LogP contribution in [-0.4, -0.2) is 28.6 Å². The molecule has 7 rings (SSSR count). The van der Waals surface area contributed by atoms with Crippen LogP contribution < -0.4 is 10.5 Å². The van der Waals surface area contributed by atoms with E-state index in [-0.39, 0.29) is 11.1 Å². The summed E-state index contributed by atoms with van der Waals surface area (Å²) >= 11 is 1.50. The second-order valence-electron chi connectivity index (χ2n) is 9.25. The summed E-state index contributed by atoms with van der Waals surface area (Å²) in [4.78, 5) is 25.9. The molecule has 4 aliphatic rings. The van der Waals surface area contributed by atoms with Gasteiger partial charge in [0.25, 0.3) is 5.56 Å². The Morgan fingerprint density at radius 2 is 1.78 bits per heavy atom. The summed E-state index contributed by atoms with van der Waals surface area (Å²) < 4.78 is 2.80. The van der Waals surface area contributed by atoms with E-state index in [1.165, 1.54) is 49.9 Å². The number of hydrogen-bond acceptors (Lipinski definition) is 5. The smallest absolute Gasteiger partial charge is 0.271 e. The Morgan fingerprint density at radius 1 is 1.11 bits per heavy atom. The van der Waals surface area contributed by atoms with Gasteiger partial charge in [0.15, 0.2) is 0 Å². The van der Waals surface area contributed by atoms with Gasteiger partial charge in [0.05, 0.1) is 22.9 Å². The van der Waals surface area contributed by atoms with Crippen molar-refractivity contribution in [2.45, 2.75) is 44.1 Å². The van der Waals surface area contributed by atoms with Crippen LogP contribution in [0.5, 0.6) is 0 Å². The molecule has 0 radical (unpaired) electrons. The van der Waals surface area contributed by atoms with Gasteiger partial charge in [-0.15, -0.1) is 11.3 Å².